The van der Waals surface area contributed by atoms with Gasteiger partial charge in [0, 0.05) is 12.1 Å². The van der Waals surface area contributed by atoms with Crippen LogP contribution in [0, 0.1) is 20.2 Å². The number of amides is 1. The van der Waals surface area contributed by atoms with Crippen LogP contribution in [-0.4, -0.2) is 31.9 Å². The molecule has 0 fully saturated rings. The molecule has 1 aromatic carbocycles. The van der Waals surface area contributed by atoms with Crippen LogP contribution in [0.25, 0.3) is 0 Å². The Kier molecular flexibility index (Phi) is 4.17. The number of nitrogens with zero attached hydrogens (tertiary/aromatic N) is 4. The van der Waals surface area contributed by atoms with E-state index in [-0.39, 0.29) is 5.69 Å². The lowest BCUT2D eigenvalue weighted by atomic mass is 10.2. The first-order valence-electron chi connectivity index (χ1n) is 5.74. The average molecular weight is 304 g/mol. The van der Waals surface area contributed by atoms with Gasteiger partial charge in [-0.05, 0) is 22.6 Å². The van der Waals surface area contributed by atoms with Crippen molar-refractivity contribution in [2.45, 2.75) is 0 Å². The van der Waals surface area contributed by atoms with E-state index in [2.05, 4.69) is 20.5 Å². The van der Waals surface area contributed by atoms with E-state index in [1.807, 2.05) is 0 Å². The van der Waals surface area contributed by atoms with E-state index in [1.165, 1.54) is 30.5 Å². The van der Waals surface area contributed by atoms with Crippen LogP contribution < -0.4 is 5.43 Å². The van der Waals surface area contributed by atoms with Gasteiger partial charge in [0.1, 0.15) is 0 Å². The molecule has 0 spiro atoms. The Morgan fingerprint density at radius 1 is 1.23 bits per heavy atom. The number of H-pyrrole nitrogens is 1. The van der Waals surface area contributed by atoms with Gasteiger partial charge in [0.2, 0.25) is 5.69 Å². The van der Waals surface area contributed by atoms with Crippen molar-refractivity contribution in [2.24, 2.45) is 5.10 Å². The van der Waals surface area contributed by atoms with Crippen molar-refractivity contribution in [1.29, 1.82) is 0 Å². The highest BCUT2D eigenvalue weighted by molar-refractivity contribution is 5.96. The smallest absolute Gasteiger partial charge is 0.353 e. The summed E-state index contributed by atoms with van der Waals surface area (Å²) in [5, 5.41) is 24.7. The number of carbonyl (C=O) groups excluding carboxylic acids is 1. The van der Waals surface area contributed by atoms with Gasteiger partial charge in [0.25, 0.3) is 11.6 Å². The summed E-state index contributed by atoms with van der Waals surface area (Å²) in [6.45, 7) is 0. The zero-order chi connectivity index (χ0) is 16.1. The molecule has 0 unspecified atom stereocenters. The molecule has 11 nitrogen and oxygen atoms in total. The molecule has 0 aliphatic heterocycles. The quantitative estimate of drug-likeness (QED) is 0.476. The minimum Gasteiger partial charge on any atom is -0.358 e. The number of nitro groups is 2. The minimum absolute atomic E-state index is 0.0756. The molecule has 112 valence electrons. The molecule has 0 radical (unpaired) electrons. The van der Waals surface area contributed by atoms with Gasteiger partial charge in [-0.1, -0.05) is 0 Å². The Bertz CT molecular complexity index is 751. The van der Waals surface area contributed by atoms with E-state index in [1.54, 1.807) is 0 Å². The van der Waals surface area contributed by atoms with Crippen LogP contribution in [0.1, 0.15) is 16.1 Å². The summed E-state index contributed by atoms with van der Waals surface area (Å²) in [4.78, 5) is 37.2. The molecule has 2 N–H and O–H groups in total. The lowest BCUT2D eigenvalue weighted by Gasteiger charge is -1.97. The molecule has 1 aromatic heterocycles. The highest BCUT2D eigenvalue weighted by Gasteiger charge is 2.21. The molecule has 0 saturated heterocycles. The van der Waals surface area contributed by atoms with Gasteiger partial charge in [-0.2, -0.15) is 5.10 Å². The molecular weight excluding hydrogens is 296 g/mol. The highest BCUT2D eigenvalue weighted by atomic mass is 16.6. The number of nitrogens with one attached hydrogen (secondary N) is 2. The van der Waals surface area contributed by atoms with Crippen molar-refractivity contribution in [3.8, 4) is 0 Å². The largest absolute Gasteiger partial charge is 0.358 e. The van der Waals surface area contributed by atoms with Gasteiger partial charge in [0.15, 0.2) is 6.33 Å². The number of benzene rings is 1. The Morgan fingerprint density at radius 2 is 1.91 bits per heavy atom. The van der Waals surface area contributed by atoms with Crippen LogP contribution in [0.5, 0.6) is 0 Å². The third kappa shape index (κ3) is 3.27. The topological polar surface area (TPSA) is 156 Å². The van der Waals surface area contributed by atoms with Gasteiger partial charge in [-0.25, -0.2) is 15.4 Å². The summed E-state index contributed by atoms with van der Waals surface area (Å²) in [6.07, 6.45) is 2.26. The first-order chi connectivity index (χ1) is 10.5. The Balaban J connectivity index is 2.02. The van der Waals surface area contributed by atoms with E-state index < -0.39 is 27.3 Å². The number of aromatic amines is 1. The third-order valence-corrected chi connectivity index (χ3v) is 2.50. The molecule has 2 rings (SSSR count). The van der Waals surface area contributed by atoms with Crippen LogP contribution in [0.15, 0.2) is 35.7 Å². The maximum atomic E-state index is 11.7. The fraction of sp³-hybridized carbons (Fsp3) is 0. The Hall–Kier alpha value is -3.63. The predicted molar refractivity (Wildman–Crippen MR) is 73.4 cm³/mol. The summed E-state index contributed by atoms with van der Waals surface area (Å²) >= 11 is 0. The zero-order valence-electron chi connectivity index (χ0n) is 10.8. The van der Waals surface area contributed by atoms with Crippen LogP contribution in [-0.2, 0) is 0 Å². The summed E-state index contributed by atoms with van der Waals surface area (Å²) in [5.41, 5.74) is 2.11. The number of non-ortho nitro benzene ring substituents is 1. The number of hydrazone groups is 1. The van der Waals surface area contributed by atoms with Gasteiger partial charge in [0.05, 0.1) is 11.1 Å². The van der Waals surface area contributed by atoms with Gasteiger partial charge < -0.3 is 10.1 Å². The second-order valence-corrected chi connectivity index (χ2v) is 3.90. The van der Waals surface area contributed by atoms with Crippen molar-refractivity contribution in [1.82, 2.24) is 15.4 Å². The molecule has 0 bridgehead atoms. The van der Waals surface area contributed by atoms with Crippen molar-refractivity contribution >= 4 is 23.6 Å². The molecular formula is C11H8N6O5. The van der Waals surface area contributed by atoms with Crippen LogP contribution >= 0.6 is 0 Å². The van der Waals surface area contributed by atoms with Crippen molar-refractivity contribution < 1.29 is 14.6 Å². The van der Waals surface area contributed by atoms with E-state index in [0.29, 0.717) is 5.56 Å². The van der Waals surface area contributed by atoms with Crippen LogP contribution in [0.3, 0.4) is 0 Å². The molecule has 1 amide bonds. The third-order valence-electron chi connectivity index (χ3n) is 2.50. The molecule has 2 aromatic rings. The molecule has 1 heterocycles. The number of imidazole rings is 1. The standard InChI is InChI=1S/C11H8N6O5/c18-11(9-10(17(21)22)13-6-12-9)15-14-5-7-1-3-8(4-2-7)16(19)20/h1-6H,(H,12,13)(H,15,18)/b14-5-. The maximum Gasteiger partial charge on any atom is 0.353 e. The SMILES string of the molecule is O=C(N/N=C\c1ccc([N+](=O)[O-])cc1)c1nc[nH]c1[N+](=O)[O-]. The Morgan fingerprint density at radius 3 is 2.50 bits per heavy atom. The lowest BCUT2D eigenvalue weighted by molar-refractivity contribution is -0.389. The van der Waals surface area contributed by atoms with E-state index >= 15 is 0 Å². The van der Waals surface area contributed by atoms with Crippen molar-refractivity contribution in [3.63, 3.8) is 0 Å². The number of hydrogen-bond donors (Lipinski definition) is 2. The monoisotopic (exact) mass is 304 g/mol. The average Bonchev–Trinajstić information content (AvgIpc) is 2.97. The van der Waals surface area contributed by atoms with Crippen LogP contribution in [0.4, 0.5) is 11.5 Å². The summed E-state index contributed by atoms with van der Waals surface area (Å²) in [5.74, 6) is -1.39. The van der Waals surface area contributed by atoms with Gasteiger partial charge >= 0.3 is 5.82 Å². The fourth-order valence-corrected chi connectivity index (χ4v) is 1.49. The summed E-state index contributed by atoms with van der Waals surface area (Å²) < 4.78 is 0. The van der Waals surface area contributed by atoms with Crippen molar-refractivity contribution in [3.05, 3.63) is 62.1 Å². The van der Waals surface area contributed by atoms with E-state index in [9.17, 15) is 25.0 Å². The molecule has 0 aliphatic carbocycles. The molecule has 0 saturated carbocycles. The lowest BCUT2D eigenvalue weighted by Crippen LogP contribution is -2.19. The predicted octanol–water partition coefficient (Wildman–Crippen LogP) is 0.990. The summed E-state index contributed by atoms with van der Waals surface area (Å²) in [6, 6.07) is 5.43. The number of nitro benzene ring substituents is 1. The molecule has 0 aliphatic rings. The van der Waals surface area contributed by atoms with E-state index in [0.717, 1.165) is 6.33 Å². The molecule has 22 heavy (non-hydrogen) atoms. The number of carbonyl (C=O) groups is 1. The van der Waals surface area contributed by atoms with E-state index in [4.69, 9.17) is 0 Å². The van der Waals surface area contributed by atoms with Gasteiger partial charge in [-0.3, -0.25) is 14.9 Å². The Labute approximate surface area is 122 Å². The second kappa shape index (κ2) is 6.21. The number of aromatic nitrogens is 2. The molecule has 11 heteroatoms. The second-order valence-electron chi connectivity index (χ2n) is 3.90. The maximum absolute atomic E-state index is 11.7. The molecule has 0 atom stereocenters. The summed E-state index contributed by atoms with van der Waals surface area (Å²) in [7, 11) is 0. The highest BCUT2D eigenvalue weighted by Crippen LogP contribution is 2.12. The number of rotatable bonds is 5. The first-order valence-corrected chi connectivity index (χ1v) is 5.74. The zero-order valence-corrected chi connectivity index (χ0v) is 10.8. The minimum atomic E-state index is -0.855. The fourth-order valence-electron chi connectivity index (χ4n) is 1.49. The van der Waals surface area contributed by atoms with Crippen molar-refractivity contribution in [2.75, 3.05) is 0 Å². The van der Waals surface area contributed by atoms with Gasteiger partial charge in [-0.15, -0.1) is 0 Å². The first kappa shape index (κ1) is 14.8. The normalized spacial score (nSPS) is 10.5. The number of hydrogen-bond acceptors (Lipinski definition) is 7. The van der Waals surface area contributed by atoms with Crippen LogP contribution in [0.2, 0.25) is 0 Å².